The second-order valence-electron chi connectivity index (χ2n) is 7.10. The molecule has 160 valence electrons. The number of piperidine rings is 1. The number of hydrogen-bond donors (Lipinski definition) is 1. The number of rotatable bonds is 4. The highest BCUT2D eigenvalue weighted by Gasteiger charge is 2.31. The molecule has 0 saturated carbocycles. The Kier molecular flexibility index (Phi) is 5.79. The predicted octanol–water partition coefficient (Wildman–Crippen LogP) is 4.40. The van der Waals surface area contributed by atoms with E-state index in [1.165, 1.54) is 6.20 Å². The van der Waals surface area contributed by atoms with Crippen molar-refractivity contribution in [1.29, 1.82) is 0 Å². The molecule has 1 saturated heterocycles. The van der Waals surface area contributed by atoms with Crippen LogP contribution in [-0.4, -0.2) is 37.3 Å². The van der Waals surface area contributed by atoms with Gasteiger partial charge in [-0.2, -0.15) is 13.2 Å². The van der Waals surface area contributed by atoms with Gasteiger partial charge in [-0.25, -0.2) is 15.0 Å². The van der Waals surface area contributed by atoms with Crippen LogP contribution in [0, 0.1) is 0 Å². The van der Waals surface area contributed by atoms with Crippen molar-refractivity contribution in [2.75, 3.05) is 11.9 Å². The summed E-state index contributed by atoms with van der Waals surface area (Å²) in [4.78, 5) is 31.2. The van der Waals surface area contributed by atoms with Gasteiger partial charge >= 0.3 is 6.18 Å². The number of nitrogens with zero attached hydrogens (tertiary/aromatic N) is 5. The summed E-state index contributed by atoms with van der Waals surface area (Å²) in [6.45, 7) is 0.591. The summed E-state index contributed by atoms with van der Waals surface area (Å²) < 4.78 is 38.8. The van der Waals surface area contributed by atoms with E-state index in [2.05, 4.69) is 25.3 Å². The maximum Gasteiger partial charge on any atom is 0.416 e. The highest BCUT2D eigenvalue weighted by atomic mass is 19.4. The summed E-state index contributed by atoms with van der Waals surface area (Å²) in [6, 6.07) is 6.59. The summed E-state index contributed by atoms with van der Waals surface area (Å²) in [7, 11) is 0. The molecular weight excluding hydrogens is 409 g/mol. The van der Waals surface area contributed by atoms with Gasteiger partial charge in [0.05, 0.1) is 17.3 Å². The molecule has 7 nitrogen and oxygen atoms in total. The molecule has 1 aliphatic heterocycles. The zero-order valence-corrected chi connectivity index (χ0v) is 16.4. The lowest BCUT2D eigenvalue weighted by molar-refractivity contribution is -0.137. The van der Waals surface area contributed by atoms with Crippen LogP contribution < -0.4 is 5.32 Å². The third kappa shape index (κ3) is 4.79. The first-order valence-electron chi connectivity index (χ1n) is 9.76. The largest absolute Gasteiger partial charge is 0.416 e. The molecule has 3 aromatic rings. The molecule has 4 heterocycles. The Morgan fingerprint density at radius 2 is 1.81 bits per heavy atom. The molecule has 0 aromatic carbocycles. The van der Waals surface area contributed by atoms with E-state index >= 15 is 0 Å². The molecule has 1 atom stereocenters. The Bertz CT molecular complexity index is 1060. The first-order chi connectivity index (χ1) is 14.9. The van der Waals surface area contributed by atoms with Gasteiger partial charge in [-0.3, -0.25) is 9.78 Å². The molecule has 0 unspecified atom stereocenters. The van der Waals surface area contributed by atoms with E-state index in [9.17, 15) is 18.0 Å². The Morgan fingerprint density at radius 3 is 2.58 bits per heavy atom. The number of alkyl halides is 3. The van der Waals surface area contributed by atoms with Gasteiger partial charge in [0, 0.05) is 36.9 Å². The molecular formula is C21H19F3N6O. The summed E-state index contributed by atoms with van der Waals surface area (Å²) in [5.41, 5.74) is 0.344. The first kappa shape index (κ1) is 20.7. The van der Waals surface area contributed by atoms with E-state index in [0.29, 0.717) is 17.8 Å². The lowest BCUT2D eigenvalue weighted by Crippen LogP contribution is -2.39. The number of likely N-dealkylation sites (tertiary alicyclic amines) is 1. The molecule has 1 fully saturated rings. The van der Waals surface area contributed by atoms with Gasteiger partial charge in [0.25, 0.3) is 5.91 Å². The van der Waals surface area contributed by atoms with Crippen LogP contribution >= 0.6 is 0 Å². The maximum atomic E-state index is 13.0. The lowest BCUT2D eigenvalue weighted by Gasteiger charge is -2.35. The standard InChI is InChI=1S/C21H19F3N6O/c22-21(23,24)15-6-10-26-18(13-15)29-20-27-11-7-16(28-20)17-3-1-2-12-30(17)19(31)14-4-8-25-9-5-14/h4-11,13,17H,1-3,12H2,(H,26,27,28,29)/t17-/m0/s1. The number of halogens is 3. The van der Waals surface area contributed by atoms with Crippen LogP contribution in [0.5, 0.6) is 0 Å². The quantitative estimate of drug-likeness (QED) is 0.663. The van der Waals surface area contributed by atoms with Gasteiger partial charge in [0.2, 0.25) is 5.95 Å². The van der Waals surface area contributed by atoms with Crippen LogP contribution in [-0.2, 0) is 6.18 Å². The average molecular weight is 428 g/mol. The van der Waals surface area contributed by atoms with Gasteiger partial charge in [-0.05, 0) is 49.6 Å². The van der Waals surface area contributed by atoms with E-state index < -0.39 is 11.7 Å². The first-order valence-corrected chi connectivity index (χ1v) is 9.76. The van der Waals surface area contributed by atoms with Crippen LogP contribution in [0.1, 0.15) is 46.9 Å². The van der Waals surface area contributed by atoms with Crippen molar-refractivity contribution in [3.8, 4) is 0 Å². The fourth-order valence-corrected chi connectivity index (χ4v) is 3.55. The van der Waals surface area contributed by atoms with Crippen molar-refractivity contribution >= 4 is 17.7 Å². The second-order valence-corrected chi connectivity index (χ2v) is 7.10. The van der Waals surface area contributed by atoms with E-state index in [0.717, 1.165) is 37.6 Å². The monoisotopic (exact) mass is 428 g/mol. The van der Waals surface area contributed by atoms with Crippen LogP contribution in [0.15, 0.2) is 55.1 Å². The Balaban J connectivity index is 1.57. The van der Waals surface area contributed by atoms with Crippen LogP contribution in [0.3, 0.4) is 0 Å². The molecule has 1 N–H and O–H groups in total. The lowest BCUT2D eigenvalue weighted by atomic mass is 9.98. The Labute approximate surface area is 176 Å². The smallest absolute Gasteiger partial charge is 0.330 e. The molecule has 0 spiro atoms. The van der Waals surface area contributed by atoms with Crippen LogP contribution in [0.4, 0.5) is 24.9 Å². The van der Waals surface area contributed by atoms with Crippen molar-refractivity contribution in [2.45, 2.75) is 31.5 Å². The fourth-order valence-electron chi connectivity index (χ4n) is 3.55. The summed E-state index contributed by atoms with van der Waals surface area (Å²) >= 11 is 0. The number of anilines is 2. The number of aromatic nitrogens is 4. The number of nitrogens with one attached hydrogen (secondary N) is 1. The molecule has 0 bridgehead atoms. The summed E-state index contributed by atoms with van der Waals surface area (Å²) in [5.74, 6) is -0.00804. The fraction of sp³-hybridized carbons (Fsp3) is 0.286. The maximum absolute atomic E-state index is 13.0. The number of amides is 1. The zero-order chi connectivity index (χ0) is 21.8. The Morgan fingerprint density at radius 1 is 1.03 bits per heavy atom. The number of hydrogen-bond acceptors (Lipinski definition) is 6. The van der Waals surface area contributed by atoms with Crippen molar-refractivity contribution in [3.63, 3.8) is 0 Å². The minimum Gasteiger partial charge on any atom is -0.330 e. The van der Waals surface area contributed by atoms with Gasteiger partial charge in [-0.15, -0.1) is 0 Å². The number of carbonyl (C=O) groups excluding carboxylic acids is 1. The van der Waals surface area contributed by atoms with Crippen LogP contribution in [0.25, 0.3) is 0 Å². The van der Waals surface area contributed by atoms with Crippen molar-refractivity contribution in [1.82, 2.24) is 24.8 Å². The van der Waals surface area contributed by atoms with Crippen molar-refractivity contribution < 1.29 is 18.0 Å². The highest BCUT2D eigenvalue weighted by molar-refractivity contribution is 5.94. The third-order valence-electron chi connectivity index (χ3n) is 5.04. The van der Waals surface area contributed by atoms with E-state index in [1.807, 2.05) is 0 Å². The number of pyridine rings is 2. The third-order valence-corrected chi connectivity index (χ3v) is 5.04. The number of carbonyl (C=O) groups is 1. The van der Waals surface area contributed by atoms with E-state index in [-0.39, 0.29) is 23.7 Å². The summed E-state index contributed by atoms with van der Waals surface area (Å²) in [5, 5.41) is 2.73. The molecule has 1 amide bonds. The SMILES string of the molecule is O=C(c1ccncc1)N1CCCC[C@H]1c1ccnc(Nc2cc(C(F)(F)F)ccn2)n1. The minimum atomic E-state index is -4.47. The normalized spacial score (nSPS) is 16.7. The van der Waals surface area contributed by atoms with E-state index in [4.69, 9.17) is 0 Å². The van der Waals surface area contributed by atoms with Crippen LogP contribution in [0.2, 0.25) is 0 Å². The molecule has 4 rings (SSSR count). The average Bonchev–Trinajstić information content (AvgIpc) is 2.79. The van der Waals surface area contributed by atoms with E-state index in [1.54, 1.807) is 35.5 Å². The topological polar surface area (TPSA) is 83.9 Å². The molecule has 10 heteroatoms. The molecule has 0 radical (unpaired) electrons. The molecule has 1 aliphatic rings. The van der Waals surface area contributed by atoms with Crippen molar-refractivity contribution in [3.05, 3.63) is 71.9 Å². The van der Waals surface area contributed by atoms with Gasteiger partial charge in [0.15, 0.2) is 0 Å². The van der Waals surface area contributed by atoms with Crippen molar-refractivity contribution in [2.24, 2.45) is 0 Å². The molecule has 0 aliphatic carbocycles. The van der Waals surface area contributed by atoms with Gasteiger partial charge in [-0.1, -0.05) is 0 Å². The molecule has 31 heavy (non-hydrogen) atoms. The van der Waals surface area contributed by atoms with Gasteiger partial charge < -0.3 is 10.2 Å². The second kappa shape index (κ2) is 8.66. The Hall–Kier alpha value is -3.56. The minimum absolute atomic E-state index is 0.0136. The highest BCUT2D eigenvalue weighted by Crippen LogP contribution is 2.32. The zero-order valence-electron chi connectivity index (χ0n) is 16.4. The summed E-state index contributed by atoms with van der Waals surface area (Å²) in [6.07, 6.45) is 3.81. The molecule has 3 aromatic heterocycles. The van der Waals surface area contributed by atoms with Gasteiger partial charge in [0.1, 0.15) is 5.82 Å². The predicted molar refractivity (Wildman–Crippen MR) is 106 cm³/mol.